The lowest BCUT2D eigenvalue weighted by atomic mass is 9.96. The minimum atomic E-state index is -2.29. The Morgan fingerprint density at radius 3 is 1.76 bits per heavy atom. The third kappa shape index (κ3) is 16.9. The SMILES string of the molecule is CCCCCOc1ccc(-c2ccc(-c3ccc(C(=O)N[C@@H]4C[C@@H](O)[C@@H](OCCCCN)NC(=O)[C@@H]5[C@@H](O)[C@@H](C)CN5C(=O)[C@H]([C@H](C)O)NC(=O)[C@H]([C@H](O)[C@@H](O)c5ccc(O)cc5)NC(=O)[C@@H]5C[C@@H](O)CN5C(=O)[C@H]([C@H](C)O)NC4=O)cc3)cc2)cc1. The predicted octanol–water partition coefficient (Wildman–Crippen LogP) is -0.164. The number of nitrogens with one attached hydrogen (secondary N) is 5. The Kier molecular flexibility index (Phi) is 23.7. The van der Waals surface area contributed by atoms with Crippen molar-refractivity contribution in [3.05, 3.63) is 108 Å². The van der Waals surface area contributed by atoms with E-state index in [0.29, 0.717) is 19.4 Å². The second kappa shape index (κ2) is 30.9. The van der Waals surface area contributed by atoms with Crippen LogP contribution in [0.3, 0.4) is 0 Å². The minimum absolute atomic E-state index is 0.0412. The molecular formula is C62H82N8O17. The Morgan fingerprint density at radius 2 is 1.18 bits per heavy atom. The summed E-state index contributed by atoms with van der Waals surface area (Å²) in [4.78, 5) is 104. The number of benzene rings is 4. The number of carbonyl (C=O) groups excluding carboxylic acids is 7. The summed E-state index contributed by atoms with van der Waals surface area (Å²) in [6, 6.07) is 15.2. The maximum Gasteiger partial charge on any atom is 0.251 e. The molecule has 0 aliphatic carbocycles. The van der Waals surface area contributed by atoms with Gasteiger partial charge in [0.1, 0.15) is 66.1 Å². The molecular weight excluding hydrogens is 1130 g/mol. The van der Waals surface area contributed by atoms with E-state index in [9.17, 15) is 74.4 Å². The second-order valence-corrected chi connectivity index (χ2v) is 22.6. The first-order chi connectivity index (χ1) is 41.5. The fraction of sp³-hybridized carbons (Fsp3) is 0.500. The van der Waals surface area contributed by atoms with E-state index in [-0.39, 0.29) is 36.6 Å². The van der Waals surface area contributed by atoms with E-state index in [1.807, 2.05) is 48.5 Å². The average molecular weight is 1210 g/mol. The van der Waals surface area contributed by atoms with Crippen molar-refractivity contribution in [3.63, 3.8) is 0 Å². The van der Waals surface area contributed by atoms with Crippen molar-refractivity contribution in [1.29, 1.82) is 0 Å². The quantitative estimate of drug-likeness (QED) is 0.0542. The molecule has 25 nitrogen and oxygen atoms in total. The molecule has 3 aliphatic rings. The molecule has 0 saturated carbocycles. The number of aliphatic hydroxyl groups is 7. The van der Waals surface area contributed by atoms with Crippen LogP contribution in [0.1, 0.15) is 94.7 Å². The molecule has 0 radical (unpaired) electrons. The van der Waals surface area contributed by atoms with Gasteiger partial charge in [0, 0.05) is 44.0 Å². The van der Waals surface area contributed by atoms with Crippen LogP contribution >= 0.6 is 0 Å². The van der Waals surface area contributed by atoms with Gasteiger partial charge < -0.3 is 92.4 Å². The Morgan fingerprint density at radius 1 is 0.644 bits per heavy atom. The van der Waals surface area contributed by atoms with Crippen LogP contribution in [0.2, 0.25) is 0 Å². The summed E-state index contributed by atoms with van der Waals surface area (Å²) in [7, 11) is 0. The number of carbonyl (C=O) groups is 7. The van der Waals surface area contributed by atoms with Gasteiger partial charge >= 0.3 is 0 Å². The highest BCUT2D eigenvalue weighted by Gasteiger charge is 2.50. The Hall–Kier alpha value is -7.59. The van der Waals surface area contributed by atoms with E-state index in [1.165, 1.54) is 43.3 Å². The number of amides is 7. The van der Waals surface area contributed by atoms with Crippen molar-refractivity contribution in [3.8, 4) is 33.8 Å². The monoisotopic (exact) mass is 1210 g/mol. The first-order valence-corrected chi connectivity index (χ1v) is 29.5. The van der Waals surface area contributed by atoms with Crippen molar-refractivity contribution in [2.24, 2.45) is 11.7 Å². The van der Waals surface area contributed by atoms with Crippen LogP contribution in [0, 0.1) is 5.92 Å². The Labute approximate surface area is 504 Å². The van der Waals surface area contributed by atoms with Gasteiger partial charge in [-0.3, -0.25) is 33.6 Å². The number of ether oxygens (including phenoxy) is 2. The van der Waals surface area contributed by atoms with Gasteiger partial charge in [0.15, 0.2) is 6.23 Å². The summed E-state index contributed by atoms with van der Waals surface area (Å²) in [5.41, 5.74) is 9.19. The van der Waals surface area contributed by atoms with E-state index < -0.39 is 152 Å². The van der Waals surface area contributed by atoms with Crippen LogP contribution in [-0.2, 0) is 33.5 Å². The molecule has 0 bridgehead atoms. The third-order valence-corrected chi connectivity index (χ3v) is 15.9. The number of unbranched alkanes of at least 4 members (excludes halogenated alkanes) is 3. The van der Waals surface area contributed by atoms with Crippen molar-refractivity contribution in [1.82, 2.24) is 36.4 Å². The average Bonchev–Trinajstić information content (AvgIpc) is 1.92. The summed E-state index contributed by atoms with van der Waals surface area (Å²) < 4.78 is 11.9. The molecule has 3 aliphatic heterocycles. The van der Waals surface area contributed by atoms with Gasteiger partial charge in [-0.15, -0.1) is 0 Å². The fourth-order valence-electron chi connectivity index (χ4n) is 10.8. The zero-order valence-electron chi connectivity index (χ0n) is 49.1. The van der Waals surface area contributed by atoms with Crippen LogP contribution in [0.5, 0.6) is 11.5 Å². The first kappa shape index (κ1) is 66.9. The lowest BCUT2D eigenvalue weighted by molar-refractivity contribution is -0.149. The number of hydrogen-bond donors (Lipinski definition) is 14. The number of fused-ring (bicyclic) bond motifs is 2. The number of nitrogens with zero attached hydrogens (tertiary/aromatic N) is 2. The van der Waals surface area contributed by atoms with E-state index in [4.69, 9.17) is 15.2 Å². The number of nitrogens with two attached hydrogens (primary N) is 1. The number of phenols is 1. The fourth-order valence-corrected chi connectivity index (χ4v) is 10.8. The molecule has 0 spiro atoms. The summed E-state index contributed by atoms with van der Waals surface area (Å²) >= 11 is 0. The first-order valence-electron chi connectivity index (χ1n) is 29.5. The van der Waals surface area contributed by atoms with E-state index >= 15 is 0 Å². The Bertz CT molecular complexity index is 2970. The molecule has 3 heterocycles. The molecule has 25 heteroatoms. The van der Waals surface area contributed by atoms with Gasteiger partial charge in [0.2, 0.25) is 35.4 Å². The predicted molar refractivity (Wildman–Crippen MR) is 315 cm³/mol. The number of phenolic OH excluding ortho intramolecular Hbond substituents is 1. The van der Waals surface area contributed by atoms with Gasteiger partial charge in [-0.2, -0.15) is 0 Å². The minimum Gasteiger partial charge on any atom is -0.508 e. The second-order valence-electron chi connectivity index (χ2n) is 22.6. The molecule has 15 N–H and O–H groups in total. The molecule has 7 amide bonds. The van der Waals surface area contributed by atoms with Gasteiger partial charge in [0.05, 0.1) is 31.0 Å². The smallest absolute Gasteiger partial charge is 0.251 e. The summed E-state index contributed by atoms with van der Waals surface area (Å²) in [6.45, 7) is 5.71. The molecule has 3 fully saturated rings. The molecule has 87 heavy (non-hydrogen) atoms. The molecule has 15 atom stereocenters. The van der Waals surface area contributed by atoms with Crippen LogP contribution in [-0.4, -0.2) is 204 Å². The molecule has 472 valence electrons. The van der Waals surface area contributed by atoms with Crippen LogP contribution in [0.4, 0.5) is 0 Å². The largest absolute Gasteiger partial charge is 0.508 e. The lowest BCUT2D eigenvalue weighted by Crippen LogP contribution is -2.64. The standard InChI is InChI=1S/C62H82N8O17/c1-5-6-8-27-86-44-24-20-39(21-25-44)37-12-10-36(11-13-37)38-14-16-41(17-15-38)55(79)64-45-30-47(75)60(87-28-9-7-26-63)68-59(83)51-52(76)33(2)31-70(51)62(85)49(35(4)72)66-58(82)50(54(78)53(77)40-18-22-42(73)23-19-40)67-57(81)46-29-43(74)32-69(46)61(84)48(34(3)71)65-56(45)80/h10-25,33-35,43,45-54,60,71-78H,5-9,26-32,63H2,1-4H3,(H,64,79)(H,65,80)(H,66,82)(H,67,81)(H,68,83)/t33-,34-,35-,43+,45+,46-,47+,48-,49-,50-,51-,52-,53-,54-,60+/m0/s1. The highest BCUT2D eigenvalue weighted by Crippen LogP contribution is 2.30. The van der Waals surface area contributed by atoms with Gasteiger partial charge in [-0.05, 0) is 104 Å². The van der Waals surface area contributed by atoms with E-state index in [2.05, 4.69) is 33.5 Å². The summed E-state index contributed by atoms with van der Waals surface area (Å²) in [5.74, 6) is -8.29. The third-order valence-electron chi connectivity index (χ3n) is 15.9. The summed E-state index contributed by atoms with van der Waals surface area (Å²) in [5, 5.41) is 102. The molecule has 0 unspecified atom stereocenters. The van der Waals surface area contributed by atoms with Crippen molar-refractivity contribution in [2.45, 2.75) is 158 Å². The van der Waals surface area contributed by atoms with E-state index in [1.54, 1.807) is 12.1 Å². The van der Waals surface area contributed by atoms with Crippen LogP contribution in [0.25, 0.3) is 22.3 Å². The molecule has 3 saturated heterocycles. The van der Waals surface area contributed by atoms with Crippen molar-refractivity contribution < 1.29 is 83.9 Å². The van der Waals surface area contributed by atoms with Gasteiger partial charge in [-0.25, -0.2) is 0 Å². The normalized spacial score (nSPS) is 26.6. The van der Waals surface area contributed by atoms with E-state index in [0.717, 1.165) is 70.9 Å². The number of aromatic hydroxyl groups is 1. The van der Waals surface area contributed by atoms with Crippen LogP contribution in [0.15, 0.2) is 97.1 Å². The number of rotatable bonds is 19. The molecule has 4 aromatic rings. The maximum absolute atomic E-state index is 14.7. The molecule has 7 rings (SSSR count). The summed E-state index contributed by atoms with van der Waals surface area (Å²) in [6.07, 6.45) is -11.9. The Balaban J connectivity index is 1.22. The van der Waals surface area contributed by atoms with Gasteiger partial charge in [-0.1, -0.05) is 87.4 Å². The van der Waals surface area contributed by atoms with Gasteiger partial charge in [0.25, 0.3) is 5.91 Å². The lowest BCUT2D eigenvalue weighted by Gasteiger charge is -2.34. The van der Waals surface area contributed by atoms with Crippen molar-refractivity contribution >= 4 is 41.4 Å². The molecule has 0 aromatic heterocycles. The highest BCUT2D eigenvalue weighted by atomic mass is 16.5. The number of aliphatic hydroxyl groups excluding tert-OH is 7. The highest BCUT2D eigenvalue weighted by molar-refractivity contribution is 6.00. The molecule has 4 aromatic carbocycles. The topological polar surface area (TPSA) is 392 Å². The maximum atomic E-state index is 14.7. The van der Waals surface area contributed by atoms with Crippen LogP contribution < -0.4 is 37.1 Å². The van der Waals surface area contributed by atoms with Crippen molar-refractivity contribution in [2.75, 3.05) is 32.8 Å². The zero-order chi connectivity index (χ0) is 63.2. The zero-order valence-corrected chi connectivity index (χ0v) is 49.1. The number of hydrogen-bond acceptors (Lipinski definition) is 18.